The summed E-state index contributed by atoms with van der Waals surface area (Å²) >= 11 is 0. The topological polar surface area (TPSA) is 79.5 Å². The average molecular weight is 464 g/mol. The number of carboxylic acid groups (broad SMARTS) is 1. The van der Waals surface area contributed by atoms with Crippen molar-refractivity contribution in [2.24, 2.45) is 11.8 Å². The van der Waals surface area contributed by atoms with E-state index in [-0.39, 0.29) is 35.6 Å². The highest BCUT2D eigenvalue weighted by Crippen LogP contribution is 2.56. The van der Waals surface area contributed by atoms with E-state index in [1.165, 1.54) is 12.1 Å². The normalized spacial score (nSPS) is 25.6. The number of rotatable bonds is 11. The molecule has 0 spiro atoms. The number of carbonyl (C=O) groups is 1. The van der Waals surface area contributed by atoms with Crippen LogP contribution in [0.1, 0.15) is 48.8 Å². The van der Waals surface area contributed by atoms with Gasteiger partial charge in [-0.05, 0) is 67.0 Å². The zero-order chi connectivity index (χ0) is 24.0. The first-order valence-electron chi connectivity index (χ1n) is 11.8. The maximum Gasteiger partial charge on any atom is 0.303 e. The smallest absolute Gasteiger partial charge is 0.303 e. The zero-order valence-electron chi connectivity index (χ0n) is 19.2. The molecule has 34 heavy (non-hydrogen) atoms. The Morgan fingerprint density at radius 1 is 1.21 bits per heavy atom. The highest BCUT2D eigenvalue weighted by Gasteiger charge is 2.59. The molecule has 2 aliphatic rings. The summed E-state index contributed by atoms with van der Waals surface area (Å²) in [6.07, 6.45) is 7.60. The molecule has 1 heterocycles. The van der Waals surface area contributed by atoms with Crippen LogP contribution in [0.15, 0.2) is 60.7 Å². The third-order valence-electron chi connectivity index (χ3n) is 7.22. The number of carboxylic acids is 1. The van der Waals surface area contributed by atoms with Gasteiger partial charge in [-0.2, -0.15) is 5.26 Å². The van der Waals surface area contributed by atoms with Crippen molar-refractivity contribution in [2.75, 3.05) is 13.2 Å². The lowest BCUT2D eigenvalue weighted by Gasteiger charge is -2.39. The van der Waals surface area contributed by atoms with Gasteiger partial charge in [0.2, 0.25) is 0 Å². The molecule has 1 saturated heterocycles. The molecule has 4 atom stereocenters. The molecule has 4 rings (SSSR count). The van der Waals surface area contributed by atoms with E-state index in [0.717, 1.165) is 30.4 Å². The molecule has 0 amide bonds. The van der Waals surface area contributed by atoms with E-state index in [1.54, 1.807) is 12.1 Å². The molecular weight excluding hydrogens is 433 g/mol. The van der Waals surface area contributed by atoms with Crippen molar-refractivity contribution in [1.82, 2.24) is 0 Å². The third-order valence-corrected chi connectivity index (χ3v) is 7.22. The number of unbranched alkanes of at least 4 members (excludes halogenated alkanes) is 1. The molecular formula is C28H30FNO4. The summed E-state index contributed by atoms with van der Waals surface area (Å²) in [5, 5.41) is 17.8. The van der Waals surface area contributed by atoms with Crippen LogP contribution in [0.25, 0.3) is 0 Å². The standard InChI is InChI=1S/C28H30FNO4/c29-23-13-11-22(12-14-23)28-15-26(34-19-28)24(25(28)5-3-1-2-4-6-27(31)32)18-33-17-21-9-7-20(16-30)8-10-21/h1,3,7-14,24-26H,2,4-6,15,17-19H2,(H,31,32)/b3-1-/t24-,25-,26-,28-/m0/s1. The van der Waals surface area contributed by atoms with Gasteiger partial charge in [0, 0.05) is 17.8 Å². The largest absolute Gasteiger partial charge is 0.481 e. The molecule has 1 aliphatic carbocycles. The van der Waals surface area contributed by atoms with Crippen molar-refractivity contribution in [3.05, 3.63) is 83.2 Å². The van der Waals surface area contributed by atoms with Crippen molar-refractivity contribution >= 4 is 5.97 Å². The van der Waals surface area contributed by atoms with Gasteiger partial charge in [-0.3, -0.25) is 4.79 Å². The predicted octanol–water partition coefficient (Wildman–Crippen LogP) is 5.39. The number of ether oxygens (including phenoxy) is 2. The van der Waals surface area contributed by atoms with Crippen LogP contribution in [0.3, 0.4) is 0 Å². The van der Waals surface area contributed by atoms with Crippen molar-refractivity contribution in [1.29, 1.82) is 5.26 Å². The van der Waals surface area contributed by atoms with Crippen LogP contribution in [0.2, 0.25) is 0 Å². The molecule has 2 fully saturated rings. The van der Waals surface area contributed by atoms with E-state index in [9.17, 15) is 9.18 Å². The van der Waals surface area contributed by atoms with E-state index in [1.807, 2.05) is 24.3 Å². The Morgan fingerprint density at radius 2 is 1.97 bits per heavy atom. The number of benzene rings is 2. The third kappa shape index (κ3) is 5.38. The Labute approximate surface area is 199 Å². The monoisotopic (exact) mass is 463 g/mol. The van der Waals surface area contributed by atoms with Gasteiger partial charge in [-0.15, -0.1) is 0 Å². The van der Waals surface area contributed by atoms with E-state index < -0.39 is 5.97 Å². The minimum Gasteiger partial charge on any atom is -0.481 e. The molecule has 1 aliphatic heterocycles. The van der Waals surface area contributed by atoms with Gasteiger partial charge in [0.25, 0.3) is 0 Å². The highest BCUT2D eigenvalue weighted by molar-refractivity contribution is 5.66. The van der Waals surface area contributed by atoms with E-state index in [2.05, 4.69) is 18.2 Å². The number of hydrogen-bond donors (Lipinski definition) is 1. The maximum absolute atomic E-state index is 13.6. The molecule has 2 aromatic carbocycles. The zero-order valence-corrected chi connectivity index (χ0v) is 19.2. The van der Waals surface area contributed by atoms with Gasteiger partial charge in [0.1, 0.15) is 5.82 Å². The van der Waals surface area contributed by atoms with Crippen molar-refractivity contribution in [3.8, 4) is 6.07 Å². The van der Waals surface area contributed by atoms with Crippen molar-refractivity contribution in [2.45, 2.75) is 50.2 Å². The molecule has 0 aromatic heterocycles. The van der Waals surface area contributed by atoms with Crippen LogP contribution in [0, 0.1) is 29.0 Å². The summed E-state index contributed by atoms with van der Waals surface area (Å²) in [5.41, 5.74) is 2.58. The summed E-state index contributed by atoms with van der Waals surface area (Å²) in [6, 6.07) is 16.3. The second kappa shape index (κ2) is 10.9. The van der Waals surface area contributed by atoms with Crippen LogP contribution in [-0.4, -0.2) is 30.4 Å². The second-order valence-electron chi connectivity index (χ2n) is 9.30. The Bertz CT molecular complexity index is 1040. The Balaban J connectivity index is 1.45. The molecule has 1 N–H and O–H groups in total. The number of allylic oxidation sites excluding steroid dienone is 2. The van der Waals surface area contributed by atoms with Crippen LogP contribution in [0.5, 0.6) is 0 Å². The SMILES string of the molecule is N#Cc1ccc(COC[C@@H]2[C@@H]3C[C@@](c4ccc(F)cc4)(CO3)[C@H]2C/C=C\CCCC(=O)O)cc1. The first-order valence-corrected chi connectivity index (χ1v) is 11.8. The fourth-order valence-corrected chi connectivity index (χ4v) is 5.48. The van der Waals surface area contributed by atoms with Crippen molar-refractivity contribution in [3.63, 3.8) is 0 Å². The summed E-state index contributed by atoms with van der Waals surface area (Å²) in [4.78, 5) is 10.7. The Kier molecular flexibility index (Phi) is 7.77. The Hall–Kier alpha value is -3.01. The Morgan fingerprint density at radius 3 is 2.68 bits per heavy atom. The van der Waals surface area contributed by atoms with E-state index in [4.69, 9.17) is 19.8 Å². The lowest BCUT2D eigenvalue weighted by Crippen LogP contribution is -2.41. The van der Waals surface area contributed by atoms with Gasteiger partial charge in [-0.25, -0.2) is 4.39 Å². The second-order valence-corrected chi connectivity index (χ2v) is 9.30. The first-order chi connectivity index (χ1) is 16.5. The number of nitriles is 1. The molecule has 5 nitrogen and oxygen atoms in total. The minimum absolute atomic E-state index is 0.0939. The fraction of sp³-hybridized carbons (Fsp3) is 0.429. The average Bonchev–Trinajstić information content (AvgIpc) is 3.40. The van der Waals surface area contributed by atoms with Crippen molar-refractivity contribution < 1.29 is 23.8 Å². The number of aliphatic carboxylic acids is 1. The summed E-state index contributed by atoms with van der Waals surface area (Å²) in [6.45, 7) is 1.65. The lowest BCUT2D eigenvalue weighted by atomic mass is 9.69. The van der Waals surface area contributed by atoms with Gasteiger partial charge >= 0.3 is 5.97 Å². The van der Waals surface area contributed by atoms with Gasteiger partial charge in [0.05, 0.1) is 37.6 Å². The molecule has 0 radical (unpaired) electrons. The molecule has 2 aromatic rings. The highest BCUT2D eigenvalue weighted by atomic mass is 19.1. The van der Waals surface area contributed by atoms with E-state index in [0.29, 0.717) is 31.8 Å². The number of nitrogens with zero attached hydrogens (tertiary/aromatic N) is 1. The molecule has 1 saturated carbocycles. The summed E-state index contributed by atoms with van der Waals surface area (Å²) in [7, 11) is 0. The molecule has 2 bridgehead atoms. The first kappa shape index (κ1) is 24.1. The van der Waals surface area contributed by atoms with Crippen LogP contribution in [-0.2, 0) is 26.3 Å². The van der Waals surface area contributed by atoms with Gasteiger partial charge in [-0.1, -0.05) is 36.4 Å². The number of halogens is 1. The van der Waals surface area contributed by atoms with Gasteiger partial charge in [0.15, 0.2) is 0 Å². The van der Waals surface area contributed by atoms with Crippen LogP contribution < -0.4 is 0 Å². The quantitative estimate of drug-likeness (QED) is 0.357. The number of hydrogen-bond acceptors (Lipinski definition) is 4. The predicted molar refractivity (Wildman–Crippen MR) is 125 cm³/mol. The van der Waals surface area contributed by atoms with Crippen LogP contribution in [0.4, 0.5) is 4.39 Å². The lowest BCUT2D eigenvalue weighted by molar-refractivity contribution is -0.137. The van der Waals surface area contributed by atoms with Gasteiger partial charge < -0.3 is 14.6 Å². The molecule has 178 valence electrons. The minimum atomic E-state index is -0.770. The maximum atomic E-state index is 13.6. The fourth-order valence-electron chi connectivity index (χ4n) is 5.48. The van der Waals surface area contributed by atoms with E-state index >= 15 is 0 Å². The van der Waals surface area contributed by atoms with Crippen LogP contribution >= 0.6 is 0 Å². The molecule has 0 unspecified atom stereocenters. The number of fused-ring (bicyclic) bond motifs is 2. The summed E-state index contributed by atoms with van der Waals surface area (Å²) in [5.74, 6) is -0.520. The molecule has 6 heteroatoms. The summed E-state index contributed by atoms with van der Waals surface area (Å²) < 4.78 is 25.9.